The molecule has 1 aromatic rings. The highest BCUT2D eigenvalue weighted by molar-refractivity contribution is 5.76. The van der Waals surface area contributed by atoms with Gasteiger partial charge in [-0.15, -0.1) is 0 Å². The van der Waals surface area contributed by atoms with Crippen LogP contribution >= 0.6 is 0 Å². The number of anilines is 1. The molecule has 4 nitrogen and oxygen atoms in total. The van der Waals surface area contributed by atoms with Crippen LogP contribution in [0.25, 0.3) is 0 Å². The predicted octanol–water partition coefficient (Wildman–Crippen LogP) is 2.17. The maximum atomic E-state index is 11.2. The molecule has 1 atom stereocenters. The second kappa shape index (κ2) is 4.34. The lowest BCUT2D eigenvalue weighted by Gasteiger charge is -2.22. The van der Waals surface area contributed by atoms with Crippen molar-refractivity contribution in [3.05, 3.63) is 29.3 Å². The number of nitrogens with zero attached hydrogens (tertiary/aromatic N) is 2. The number of carboxylic acid groups (broad SMARTS) is 1. The number of nitriles is 1. The highest BCUT2D eigenvalue weighted by atomic mass is 16.4. The lowest BCUT2D eigenvalue weighted by Crippen LogP contribution is -2.31. The Labute approximate surface area is 106 Å². The summed E-state index contributed by atoms with van der Waals surface area (Å²) in [5.41, 5.74) is 1.93. The molecule has 18 heavy (non-hydrogen) atoms. The molecule has 0 radical (unpaired) electrons. The van der Waals surface area contributed by atoms with Crippen LogP contribution in [0.5, 0.6) is 0 Å². The predicted molar refractivity (Wildman–Crippen MR) is 68.5 cm³/mol. The molecule has 0 bridgehead atoms. The third kappa shape index (κ3) is 2.04. The number of carboxylic acids is 1. The van der Waals surface area contributed by atoms with Crippen molar-refractivity contribution in [2.45, 2.75) is 20.3 Å². The number of benzene rings is 1. The number of carbonyl (C=O) groups is 1. The van der Waals surface area contributed by atoms with Gasteiger partial charge in [-0.3, -0.25) is 4.79 Å². The Morgan fingerprint density at radius 1 is 1.56 bits per heavy atom. The fourth-order valence-corrected chi connectivity index (χ4v) is 2.33. The van der Waals surface area contributed by atoms with Crippen molar-refractivity contribution in [2.75, 3.05) is 18.0 Å². The number of aliphatic carboxylic acids is 1. The van der Waals surface area contributed by atoms with Crippen LogP contribution in [0.1, 0.15) is 24.5 Å². The minimum absolute atomic E-state index is 0.522. The molecule has 0 amide bonds. The molecule has 1 heterocycles. The molecule has 0 aliphatic carbocycles. The van der Waals surface area contributed by atoms with E-state index in [4.69, 9.17) is 5.26 Å². The van der Waals surface area contributed by atoms with E-state index in [9.17, 15) is 9.90 Å². The summed E-state index contributed by atoms with van der Waals surface area (Å²) >= 11 is 0. The number of hydrogen-bond acceptors (Lipinski definition) is 3. The molecule has 1 N–H and O–H groups in total. The zero-order valence-corrected chi connectivity index (χ0v) is 10.6. The molecule has 1 saturated heterocycles. The fourth-order valence-electron chi connectivity index (χ4n) is 2.33. The van der Waals surface area contributed by atoms with E-state index in [1.54, 1.807) is 13.0 Å². The van der Waals surface area contributed by atoms with Crippen LogP contribution in [0, 0.1) is 23.7 Å². The van der Waals surface area contributed by atoms with Crippen LogP contribution in [0.2, 0.25) is 0 Å². The van der Waals surface area contributed by atoms with Gasteiger partial charge in [0.15, 0.2) is 0 Å². The fraction of sp³-hybridized carbons (Fsp3) is 0.429. The summed E-state index contributed by atoms with van der Waals surface area (Å²) in [6, 6.07) is 7.77. The lowest BCUT2D eigenvalue weighted by molar-refractivity contribution is -0.146. The van der Waals surface area contributed by atoms with Crippen LogP contribution in [0.15, 0.2) is 18.2 Å². The first kappa shape index (κ1) is 12.4. The standard InChI is InChI=1S/C14H16N2O2/c1-10-7-12(4-3-11(10)8-15)16-6-5-14(2,9-16)13(17)18/h3-4,7H,5-6,9H2,1-2H3,(H,17,18). The lowest BCUT2D eigenvalue weighted by atomic mass is 9.90. The average molecular weight is 244 g/mol. The van der Waals surface area contributed by atoms with Gasteiger partial charge in [0.25, 0.3) is 0 Å². The Morgan fingerprint density at radius 2 is 2.28 bits per heavy atom. The van der Waals surface area contributed by atoms with Crippen molar-refractivity contribution in [1.82, 2.24) is 0 Å². The van der Waals surface area contributed by atoms with Gasteiger partial charge in [-0.05, 0) is 44.0 Å². The number of aryl methyl sites for hydroxylation is 1. The summed E-state index contributed by atoms with van der Waals surface area (Å²) in [4.78, 5) is 13.3. The maximum absolute atomic E-state index is 11.2. The molecule has 4 heteroatoms. The van der Waals surface area contributed by atoms with Crippen molar-refractivity contribution in [2.24, 2.45) is 5.41 Å². The van der Waals surface area contributed by atoms with E-state index in [2.05, 4.69) is 11.0 Å². The molecule has 94 valence electrons. The monoisotopic (exact) mass is 244 g/mol. The van der Waals surface area contributed by atoms with Gasteiger partial charge in [0.05, 0.1) is 17.0 Å². The maximum Gasteiger partial charge on any atom is 0.311 e. The van der Waals surface area contributed by atoms with Gasteiger partial charge in [-0.2, -0.15) is 5.26 Å². The van der Waals surface area contributed by atoms with Crippen molar-refractivity contribution in [3.63, 3.8) is 0 Å². The molecule has 1 unspecified atom stereocenters. The summed E-state index contributed by atoms with van der Waals surface area (Å²) in [5, 5.41) is 18.1. The van der Waals surface area contributed by atoms with Gasteiger partial charge in [-0.25, -0.2) is 0 Å². The largest absolute Gasteiger partial charge is 0.481 e. The Hall–Kier alpha value is -2.02. The van der Waals surface area contributed by atoms with E-state index in [1.165, 1.54) is 0 Å². The van der Waals surface area contributed by atoms with Crippen LogP contribution in [-0.2, 0) is 4.79 Å². The van der Waals surface area contributed by atoms with Gasteiger partial charge < -0.3 is 10.0 Å². The van der Waals surface area contributed by atoms with E-state index in [0.717, 1.165) is 17.8 Å². The second-order valence-corrected chi connectivity index (χ2v) is 5.15. The van der Waals surface area contributed by atoms with E-state index >= 15 is 0 Å². The third-order valence-electron chi connectivity index (χ3n) is 3.69. The van der Waals surface area contributed by atoms with Gasteiger partial charge in [0.1, 0.15) is 0 Å². The zero-order chi connectivity index (χ0) is 13.3. The van der Waals surface area contributed by atoms with Gasteiger partial charge in [0, 0.05) is 18.8 Å². The Kier molecular flexibility index (Phi) is 3.00. The van der Waals surface area contributed by atoms with Crippen molar-refractivity contribution >= 4 is 11.7 Å². The summed E-state index contributed by atoms with van der Waals surface area (Å²) < 4.78 is 0. The molecule has 1 fully saturated rings. The van der Waals surface area contributed by atoms with E-state index in [-0.39, 0.29) is 0 Å². The quantitative estimate of drug-likeness (QED) is 0.866. The Morgan fingerprint density at radius 3 is 2.78 bits per heavy atom. The highest BCUT2D eigenvalue weighted by Gasteiger charge is 2.40. The van der Waals surface area contributed by atoms with Crippen molar-refractivity contribution in [3.8, 4) is 6.07 Å². The first-order chi connectivity index (χ1) is 8.46. The molecule has 1 aromatic carbocycles. The van der Waals surface area contributed by atoms with Crippen molar-refractivity contribution in [1.29, 1.82) is 5.26 Å². The first-order valence-electron chi connectivity index (χ1n) is 5.95. The SMILES string of the molecule is Cc1cc(N2CCC(C)(C(=O)O)C2)ccc1C#N. The molecule has 0 aromatic heterocycles. The van der Waals surface area contributed by atoms with Gasteiger partial charge >= 0.3 is 5.97 Å². The van der Waals surface area contributed by atoms with Crippen molar-refractivity contribution < 1.29 is 9.90 Å². The van der Waals surface area contributed by atoms with E-state index in [1.807, 2.05) is 19.1 Å². The average Bonchev–Trinajstić information content (AvgIpc) is 2.73. The molecular weight excluding hydrogens is 228 g/mol. The van der Waals surface area contributed by atoms with Crippen LogP contribution < -0.4 is 4.90 Å². The zero-order valence-electron chi connectivity index (χ0n) is 10.6. The Balaban J connectivity index is 2.23. The molecular formula is C14H16N2O2. The smallest absolute Gasteiger partial charge is 0.311 e. The molecule has 1 aliphatic heterocycles. The summed E-state index contributed by atoms with van der Waals surface area (Å²) in [5.74, 6) is -0.740. The highest BCUT2D eigenvalue weighted by Crippen LogP contribution is 2.33. The molecule has 0 saturated carbocycles. The second-order valence-electron chi connectivity index (χ2n) is 5.15. The van der Waals surface area contributed by atoms with E-state index < -0.39 is 11.4 Å². The van der Waals surface area contributed by atoms with Gasteiger partial charge in [-0.1, -0.05) is 0 Å². The molecule has 0 spiro atoms. The normalized spacial score (nSPS) is 22.8. The van der Waals surface area contributed by atoms with Gasteiger partial charge in [0.2, 0.25) is 0 Å². The third-order valence-corrected chi connectivity index (χ3v) is 3.69. The summed E-state index contributed by atoms with van der Waals surface area (Å²) in [6.45, 7) is 4.95. The topological polar surface area (TPSA) is 64.3 Å². The minimum atomic E-state index is -0.740. The number of hydrogen-bond donors (Lipinski definition) is 1. The number of rotatable bonds is 2. The minimum Gasteiger partial charge on any atom is -0.481 e. The molecule has 1 aliphatic rings. The Bertz CT molecular complexity index is 533. The van der Waals surface area contributed by atoms with E-state index in [0.29, 0.717) is 18.5 Å². The summed E-state index contributed by atoms with van der Waals surface area (Å²) in [7, 11) is 0. The van der Waals surface area contributed by atoms with Crippen LogP contribution in [0.3, 0.4) is 0 Å². The molecule has 2 rings (SSSR count). The first-order valence-corrected chi connectivity index (χ1v) is 5.95. The summed E-state index contributed by atoms with van der Waals surface area (Å²) in [6.07, 6.45) is 0.654. The van der Waals surface area contributed by atoms with Crippen LogP contribution in [0.4, 0.5) is 5.69 Å². The van der Waals surface area contributed by atoms with Crippen LogP contribution in [-0.4, -0.2) is 24.2 Å².